The summed E-state index contributed by atoms with van der Waals surface area (Å²) < 4.78 is 37.3. The van der Waals surface area contributed by atoms with E-state index < -0.39 is 17.2 Å². The first kappa shape index (κ1) is 15.7. The van der Waals surface area contributed by atoms with Gasteiger partial charge in [-0.1, -0.05) is 0 Å². The topological polar surface area (TPSA) is 80.0 Å². The van der Waals surface area contributed by atoms with Crippen LogP contribution in [-0.4, -0.2) is 30.5 Å². The summed E-state index contributed by atoms with van der Waals surface area (Å²) in [5, 5.41) is 5.70. The van der Waals surface area contributed by atoms with Crippen LogP contribution in [0.2, 0.25) is 0 Å². The molecule has 1 aromatic heterocycles. The van der Waals surface area contributed by atoms with Crippen molar-refractivity contribution >= 4 is 11.7 Å². The standard InChI is InChI=1S/C13H17F3N4O/c14-13(15,16)9-1-2-10(19-7-9)20-11(21)12(8-17)3-5-18-6-4-12/h1-2,7,18H,3-6,8,17H2,(H,19,20,21). The second-order valence-electron chi connectivity index (χ2n) is 5.12. The molecule has 0 aliphatic carbocycles. The van der Waals surface area contributed by atoms with Crippen molar-refractivity contribution in [1.29, 1.82) is 0 Å². The van der Waals surface area contributed by atoms with E-state index in [9.17, 15) is 18.0 Å². The Labute approximate surface area is 120 Å². The zero-order valence-electron chi connectivity index (χ0n) is 11.3. The molecule has 21 heavy (non-hydrogen) atoms. The summed E-state index contributed by atoms with van der Waals surface area (Å²) >= 11 is 0. The van der Waals surface area contributed by atoms with E-state index in [1.54, 1.807) is 0 Å². The molecule has 0 aromatic carbocycles. The smallest absolute Gasteiger partial charge is 0.329 e. The van der Waals surface area contributed by atoms with Gasteiger partial charge < -0.3 is 16.4 Å². The van der Waals surface area contributed by atoms with Crippen LogP contribution < -0.4 is 16.4 Å². The van der Waals surface area contributed by atoms with Gasteiger partial charge in [0.05, 0.1) is 11.0 Å². The van der Waals surface area contributed by atoms with E-state index in [2.05, 4.69) is 15.6 Å². The maximum Gasteiger partial charge on any atom is 0.417 e. The molecule has 0 radical (unpaired) electrons. The molecule has 8 heteroatoms. The van der Waals surface area contributed by atoms with Gasteiger partial charge in [0.1, 0.15) is 5.82 Å². The van der Waals surface area contributed by atoms with Crippen LogP contribution in [0.1, 0.15) is 18.4 Å². The highest BCUT2D eigenvalue weighted by atomic mass is 19.4. The average molecular weight is 302 g/mol. The number of pyridine rings is 1. The molecule has 116 valence electrons. The number of halogens is 3. The molecule has 1 fully saturated rings. The summed E-state index contributed by atoms with van der Waals surface area (Å²) in [5.74, 6) is -0.196. The fourth-order valence-electron chi connectivity index (χ4n) is 2.31. The van der Waals surface area contributed by atoms with Crippen molar-refractivity contribution in [2.45, 2.75) is 19.0 Å². The summed E-state index contributed by atoms with van der Waals surface area (Å²) in [6.07, 6.45) is -2.55. The molecule has 1 amide bonds. The van der Waals surface area contributed by atoms with Crippen LogP contribution in [0, 0.1) is 5.41 Å². The third kappa shape index (κ3) is 3.51. The molecule has 0 atom stereocenters. The van der Waals surface area contributed by atoms with Crippen molar-refractivity contribution in [3.05, 3.63) is 23.9 Å². The third-order valence-corrected chi connectivity index (χ3v) is 3.77. The molecule has 5 nitrogen and oxygen atoms in total. The van der Waals surface area contributed by atoms with Gasteiger partial charge in [-0.3, -0.25) is 4.79 Å². The number of nitrogens with zero attached hydrogens (tertiary/aromatic N) is 1. The maximum atomic E-state index is 12.4. The normalized spacial score (nSPS) is 18.3. The van der Waals surface area contributed by atoms with Gasteiger partial charge in [0.25, 0.3) is 0 Å². The van der Waals surface area contributed by atoms with Crippen molar-refractivity contribution in [3.63, 3.8) is 0 Å². The number of hydrogen-bond donors (Lipinski definition) is 3. The molecule has 0 bridgehead atoms. The van der Waals surface area contributed by atoms with Crippen LogP contribution in [-0.2, 0) is 11.0 Å². The number of alkyl halides is 3. The van der Waals surface area contributed by atoms with Gasteiger partial charge in [-0.25, -0.2) is 4.98 Å². The van der Waals surface area contributed by atoms with E-state index >= 15 is 0 Å². The molecule has 1 aliphatic heterocycles. The van der Waals surface area contributed by atoms with Crippen LogP contribution in [0.15, 0.2) is 18.3 Å². The van der Waals surface area contributed by atoms with Gasteiger partial charge in [-0.05, 0) is 38.1 Å². The highest BCUT2D eigenvalue weighted by molar-refractivity contribution is 5.94. The predicted octanol–water partition coefficient (Wildman–Crippen LogP) is 1.37. The summed E-state index contributed by atoms with van der Waals surface area (Å²) in [6.45, 7) is 1.57. The van der Waals surface area contributed by atoms with Crippen LogP contribution in [0.3, 0.4) is 0 Å². The van der Waals surface area contributed by atoms with Crippen molar-refractivity contribution < 1.29 is 18.0 Å². The summed E-state index contributed by atoms with van der Waals surface area (Å²) in [6, 6.07) is 2.03. The van der Waals surface area contributed by atoms with Crippen molar-refractivity contribution in [1.82, 2.24) is 10.3 Å². The third-order valence-electron chi connectivity index (χ3n) is 3.77. The number of carbonyl (C=O) groups is 1. The number of anilines is 1. The lowest BCUT2D eigenvalue weighted by molar-refractivity contribution is -0.137. The zero-order chi connectivity index (χ0) is 15.5. The zero-order valence-corrected chi connectivity index (χ0v) is 11.3. The van der Waals surface area contributed by atoms with Gasteiger partial charge in [0.15, 0.2) is 0 Å². The number of carbonyl (C=O) groups excluding carboxylic acids is 1. The Morgan fingerprint density at radius 1 is 1.38 bits per heavy atom. The largest absolute Gasteiger partial charge is 0.417 e. The molecule has 0 unspecified atom stereocenters. The first-order valence-corrected chi connectivity index (χ1v) is 6.63. The molecule has 1 aromatic rings. The van der Waals surface area contributed by atoms with Gasteiger partial charge in [-0.15, -0.1) is 0 Å². The Hall–Kier alpha value is -1.67. The molecule has 2 heterocycles. The Bertz CT molecular complexity index is 495. The van der Waals surface area contributed by atoms with E-state index in [4.69, 9.17) is 5.73 Å². The van der Waals surface area contributed by atoms with Crippen LogP contribution in [0.5, 0.6) is 0 Å². The van der Waals surface area contributed by atoms with Crippen molar-refractivity contribution in [3.8, 4) is 0 Å². The number of amides is 1. The lowest BCUT2D eigenvalue weighted by Gasteiger charge is -2.34. The second kappa shape index (κ2) is 5.98. The lowest BCUT2D eigenvalue weighted by atomic mass is 9.78. The number of hydrogen-bond acceptors (Lipinski definition) is 4. The SMILES string of the molecule is NCC1(C(=O)Nc2ccc(C(F)(F)F)cn2)CCNCC1. The van der Waals surface area contributed by atoms with Crippen LogP contribution >= 0.6 is 0 Å². The van der Waals surface area contributed by atoms with Crippen LogP contribution in [0.4, 0.5) is 19.0 Å². The van der Waals surface area contributed by atoms with E-state index in [-0.39, 0.29) is 18.3 Å². The fraction of sp³-hybridized carbons (Fsp3) is 0.538. The van der Waals surface area contributed by atoms with E-state index in [0.717, 1.165) is 12.1 Å². The first-order chi connectivity index (χ1) is 9.87. The average Bonchev–Trinajstić information content (AvgIpc) is 2.47. The minimum Gasteiger partial charge on any atom is -0.329 e. The maximum absolute atomic E-state index is 12.4. The number of aromatic nitrogens is 1. The van der Waals surface area contributed by atoms with Gasteiger partial charge in [0.2, 0.25) is 5.91 Å². The highest BCUT2D eigenvalue weighted by Crippen LogP contribution is 2.31. The molecule has 1 saturated heterocycles. The first-order valence-electron chi connectivity index (χ1n) is 6.63. The predicted molar refractivity (Wildman–Crippen MR) is 71.5 cm³/mol. The molecule has 0 saturated carbocycles. The van der Waals surface area contributed by atoms with E-state index in [1.807, 2.05) is 0 Å². The minimum atomic E-state index is -4.44. The van der Waals surface area contributed by atoms with Gasteiger partial charge in [-0.2, -0.15) is 13.2 Å². The Balaban J connectivity index is 2.08. The Kier molecular flexibility index (Phi) is 4.48. The van der Waals surface area contributed by atoms with E-state index in [0.29, 0.717) is 32.1 Å². The molecule has 0 spiro atoms. The Morgan fingerprint density at radius 3 is 2.52 bits per heavy atom. The van der Waals surface area contributed by atoms with Gasteiger partial charge >= 0.3 is 6.18 Å². The monoisotopic (exact) mass is 302 g/mol. The Morgan fingerprint density at radius 2 is 2.05 bits per heavy atom. The number of nitrogens with one attached hydrogen (secondary N) is 2. The highest BCUT2D eigenvalue weighted by Gasteiger charge is 2.38. The van der Waals surface area contributed by atoms with Gasteiger partial charge in [0, 0.05) is 12.7 Å². The lowest BCUT2D eigenvalue weighted by Crippen LogP contribution is -2.49. The quantitative estimate of drug-likeness (QED) is 0.788. The molecule has 1 aliphatic rings. The number of piperidine rings is 1. The van der Waals surface area contributed by atoms with Crippen molar-refractivity contribution in [2.24, 2.45) is 11.1 Å². The number of rotatable bonds is 3. The number of nitrogens with two attached hydrogens (primary N) is 1. The summed E-state index contributed by atoms with van der Waals surface area (Å²) in [7, 11) is 0. The molecule has 2 rings (SSSR count). The van der Waals surface area contributed by atoms with E-state index in [1.165, 1.54) is 0 Å². The van der Waals surface area contributed by atoms with Crippen molar-refractivity contribution in [2.75, 3.05) is 25.0 Å². The summed E-state index contributed by atoms with van der Waals surface area (Å²) in [5.41, 5.74) is 4.18. The fourth-order valence-corrected chi connectivity index (χ4v) is 2.31. The molecule has 4 N–H and O–H groups in total. The summed E-state index contributed by atoms with van der Waals surface area (Å²) in [4.78, 5) is 16.0. The van der Waals surface area contributed by atoms with Crippen LogP contribution in [0.25, 0.3) is 0 Å². The second-order valence-corrected chi connectivity index (χ2v) is 5.12. The minimum absolute atomic E-state index is 0.0966. The molecular weight excluding hydrogens is 285 g/mol. The molecular formula is C13H17F3N4O.